The normalized spacial score (nSPS) is 12.7. The first kappa shape index (κ1) is 26.4. The van der Waals surface area contributed by atoms with Crippen LogP contribution >= 0.6 is 0 Å². The first-order valence-electron chi connectivity index (χ1n) is 12.9. The Morgan fingerprint density at radius 1 is 1.15 bits per heavy atom. The Kier molecular flexibility index (Phi) is 6.62. The van der Waals surface area contributed by atoms with E-state index in [4.69, 9.17) is 9.47 Å². The van der Waals surface area contributed by atoms with Crippen molar-refractivity contribution < 1.29 is 23.0 Å². The number of aromatic nitrogens is 4. The number of carbonyl (C=O) groups is 1. The van der Waals surface area contributed by atoms with E-state index in [1.807, 2.05) is 19.0 Å². The molecular formula is C29H25F2N5O5. The van der Waals surface area contributed by atoms with Gasteiger partial charge in [-0.2, -0.15) is 0 Å². The molecule has 210 valence electrons. The zero-order valence-corrected chi connectivity index (χ0v) is 22.2. The largest absolute Gasteiger partial charge is 0.492 e. The number of rotatable bonds is 7. The summed E-state index contributed by atoms with van der Waals surface area (Å²) in [6.07, 6.45) is 2.94. The Balaban J connectivity index is 1.66. The lowest BCUT2D eigenvalue weighted by Crippen LogP contribution is -2.22. The lowest BCUT2D eigenvalue weighted by molar-refractivity contribution is 0.0471. The molecule has 3 aromatic heterocycles. The van der Waals surface area contributed by atoms with Crippen molar-refractivity contribution in [2.24, 2.45) is 0 Å². The summed E-state index contributed by atoms with van der Waals surface area (Å²) in [6, 6.07) is 6.88. The Labute approximate surface area is 231 Å². The standard InChI is InChI=1S/C29H25F2N5O5/c1-35(2)7-9-41-29(39)25-23(17-4-3-6-32-27(17)37)24-22(12-20(31)16-5-8-40-26(16)24)36(25)13-15-10-18-21(11-19(15)30)33-14-34-28(18)38/h3-4,6,10-12,14H,5,7-9,13H2,1-2H3,(H,32,37)(H,33,34,38). The van der Waals surface area contributed by atoms with Crippen LogP contribution in [0.5, 0.6) is 5.75 Å². The molecule has 41 heavy (non-hydrogen) atoms. The van der Waals surface area contributed by atoms with Crippen LogP contribution in [0.2, 0.25) is 0 Å². The number of ether oxygens (including phenoxy) is 2. The van der Waals surface area contributed by atoms with E-state index in [0.717, 1.165) is 6.07 Å². The predicted octanol–water partition coefficient (Wildman–Crippen LogP) is 3.21. The predicted molar refractivity (Wildman–Crippen MR) is 147 cm³/mol. The minimum atomic E-state index is -0.783. The van der Waals surface area contributed by atoms with E-state index in [2.05, 4.69) is 15.0 Å². The average molecular weight is 562 g/mol. The lowest BCUT2D eigenvalue weighted by Gasteiger charge is -2.14. The third kappa shape index (κ3) is 4.55. The molecular weight excluding hydrogens is 536 g/mol. The SMILES string of the molecule is CN(C)CCOC(=O)c1c(-c2ccc[nH]c2=O)c2c3c(c(F)cc2n1Cc1cc2c(=O)[nH]cnc2cc1F)CCO3. The highest BCUT2D eigenvalue weighted by atomic mass is 19.1. The average Bonchev–Trinajstić information content (AvgIpc) is 3.54. The van der Waals surface area contributed by atoms with E-state index in [9.17, 15) is 14.4 Å². The Bertz CT molecular complexity index is 1960. The summed E-state index contributed by atoms with van der Waals surface area (Å²) in [5, 5.41) is 0.487. The maximum Gasteiger partial charge on any atom is 0.355 e. The number of halogens is 2. The third-order valence-electron chi connectivity index (χ3n) is 7.14. The van der Waals surface area contributed by atoms with Gasteiger partial charge in [-0.15, -0.1) is 0 Å². The van der Waals surface area contributed by atoms with Gasteiger partial charge in [0.1, 0.15) is 29.7 Å². The van der Waals surface area contributed by atoms with Crippen molar-refractivity contribution >= 4 is 27.8 Å². The molecule has 12 heteroatoms. The second-order valence-electron chi connectivity index (χ2n) is 10.0. The van der Waals surface area contributed by atoms with Gasteiger partial charge in [-0.05, 0) is 38.4 Å². The minimum Gasteiger partial charge on any atom is -0.492 e. The van der Waals surface area contributed by atoms with Crippen LogP contribution in [0.1, 0.15) is 21.6 Å². The molecule has 0 aliphatic carbocycles. The minimum absolute atomic E-state index is 0.0340. The van der Waals surface area contributed by atoms with E-state index >= 15 is 8.78 Å². The topological polar surface area (TPSA) is 122 Å². The van der Waals surface area contributed by atoms with Crippen LogP contribution in [-0.4, -0.2) is 64.2 Å². The first-order chi connectivity index (χ1) is 19.7. The molecule has 10 nitrogen and oxygen atoms in total. The van der Waals surface area contributed by atoms with Gasteiger partial charge in [0.05, 0.1) is 46.8 Å². The van der Waals surface area contributed by atoms with E-state index in [1.54, 1.807) is 12.1 Å². The maximum atomic E-state index is 15.4. The fraction of sp³-hybridized carbons (Fsp3) is 0.241. The van der Waals surface area contributed by atoms with Gasteiger partial charge in [-0.3, -0.25) is 9.59 Å². The smallest absolute Gasteiger partial charge is 0.355 e. The number of nitrogens with one attached hydrogen (secondary N) is 2. The van der Waals surface area contributed by atoms with Crippen molar-refractivity contribution in [1.29, 1.82) is 0 Å². The number of carbonyl (C=O) groups excluding carboxylic acids is 1. The summed E-state index contributed by atoms with van der Waals surface area (Å²) in [5.41, 5.74) is 0.0414. The summed E-state index contributed by atoms with van der Waals surface area (Å²) in [5.74, 6) is -1.79. The van der Waals surface area contributed by atoms with Crippen LogP contribution in [0.3, 0.4) is 0 Å². The molecule has 0 saturated carbocycles. The van der Waals surface area contributed by atoms with Gasteiger partial charge < -0.3 is 28.9 Å². The molecule has 0 fully saturated rings. The molecule has 0 amide bonds. The number of esters is 1. The second-order valence-corrected chi connectivity index (χ2v) is 10.0. The first-order valence-corrected chi connectivity index (χ1v) is 12.9. The highest BCUT2D eigenvalue weighted by Gasteiger charge is 2.33. The van der Waals surface area contributed by atoms with Crippen molar-refractivity contribution in [3.63, 3.8) is 0 Å². The second kappa shape index (κ2) is 10.3. The molecule has 2 aromatic carbocycles. The fourth-order valence-corrected chi connectivity index (χ4v) is 5.20. The fourth-order valence-electron chi connectivity index (χ4n) is 5.20. The van der Waals surface area contributed by atoms with E-state index in [-0.39, 0.29) is 64.3 Å². The van der Waals surface area contributed by atoms with E-state index in [1.165, 1.54) is 29.2 Å². The zero-order chi connectivity index (χ0) is 28.8. The quantitative estimate of drug-likeness (QED) is 0.293. The number of benzene rings is 2. The molecule has 0 saturated heterocycles. The van der Waals surface area contributed by atoms with Gasteiger partial charge >= 0.3 is 5.97 Å². The third-order valence-corrected chi connectivity index (χ3v) is 7.14. The van der Waals surface area contributed by atoms with Crippen molar-refractivity contribution in [3.8, 4) is 16.9 Å². The molecule has 2 N–H and O–H groups in total. The van der Waals surface area contributed by atoms with Crippen molar-refractivity contribution in [3.05, 3.63) is 92.0 Å². The van der Waals surface area contributed by atoms with Gasteiger partial charge in [0.15, 0.2) is 0 Å². The van der Waals surface area contributed by atoms with Gasteiger partial charge in [0.2, 0.25) is 0 Å². The maximum absolute atomic E-state index is 15.4. The van der Waals surface area contributed by atoms with E-state index < -0.39 is 28.7 Å². The van der Waals surface area contributed by atoms with Crippen LogP contribution in [-0.2, 0) is 17.7 Å². The Hall–Kier alpha value is -4.84. The van der Waals surface area contributed by atoms with Crippen LogP contribution < -0.4 is 15.9 Å². The summed E-state index contributed by atoms with van der Waals surface area (Å²) in [6.45, 7) is 0.397. The molecule has 1 aliphatic heterocycles. The molecule has 0 spiro atoms. The number of nitrogens with zero attached hydrogens (tertiary/aromatic N) is 3. The number of fused-ring (bicyclic) bond motifs is 4. The van der Waals surface area contributed by atoms with Gasteiger partial charge in [0.25, 0.3) is 11.1 Å². The monoisotopic (exact) mass is 561 g/mol. The van der Waals surface area contributed by atoms with Crippen molar-refractivity contribution in [2.75, 3.05) is 33.9 Å². The van der Waals surface area contributed by atoms with Crippen LogP contribution in [0.25, 0.3) is 32.9 Å². The summed E-state index contributed by atoms with van der Waals surface area (Å²) < 4.78 is 43.7. The van der Waals surface area contributed by atoms with Gasteiger partial charge in [-0.1, -0.05) is 0 Å². The number of likely N-dealkylation sites (N-methyl/N-ethyl adjacent to an activating group) is 1. The highest BCUT2D eigenvalue weighted by molar-refractivity contribution is 6.11. The molecule has 4 heterocycles. The number of H-pyrrole nitrogens is 2. The molecule has 0 unspecified atom stereocenters. The summed E-state index contributed by atoms with van der Waals surface area (Å²) >= 11 is 0. The lowest BCUT2D eigenvalue weighted by atomic mass is 10.00. The molecule has 5 aromatic rings. The van der Waals surface area contributed by atoms with Crippen LogP contribution in [0.4, 0.5) is 8.78 Å². The number of hydrogen-bond donors (Lipinski definition) is 2. The van der Waals surface area contributed by atoms with Gasteiger partial charge in [0, 0.05) is 41.9 Å². The molecule has 6 rings (SSSR count). The Morgan fingerprint density at radius 3 is 2.76 bits per heavy atom. The number of hydrogen-bond acceptors (Lipinski definition) is 7. The number of pyridine rings is 1. The van der Waals surface area contributed by atoms with Crippen molar-refractivity contribution in [1.82, 2.24) is 24.4 Å². The molecule has 1 aliphatic rings. The molecule has 0 bridgehead atoms. The summed E-state index contributed by atoms with van der Waals surface area (Å²) in [7, 11) is 3.64. The number of aromatic amines is 2. The van der Waals surface area contributed by atoms with Crippen LogP contribution in [0, 0.1) is 11.6 Å². The molecule has 0 atom stereocenters. The Morgan fingerprint density at radius 2 is 1.98 bits per heavy atom. The highest BCUT2D eigenvalue weighted by Crippen LogP contribution is 2.45. The van der Waals surface area contributed by atoms with Gasteiger partial charge in [-0.25, -0.2) is 18.6 Å². The molecule has 0 radical (unpaired) electrons. The van der Waals surface area contributed by atoms with Crippen molar-refractivity contribution in [2.45, 2.75) is 13.0 Å². The zero-order valence-electron chi connectivity index (χ0n) is 22.2. The summed E-state index contributed by atoms with van der Waals surface area (Å²) in [4.78, 5) is 50.2. The van der Waals surface area contributed by atoms with Crippen LogP contribution in [0.15, 0.2) is 52.4 Å². The van der Waals surface area contributed by atoms with E-state index in [0.29, 0.717) is 23.9 Å².